The number of aryl methyl sites for hydroxylation is 1. The molecule has 2 aromatic heterocycles. The molecule has 12 heteroatoms. The summed E-state index contributed by atoms with van der Waals surface area (Å²) in [5.41, 5.74) is -0.162. The van der Waals surface area contributed by atoms with Gasteiger partial charge in [0.25, 0.3) is 5.91 Å². The van der Waals surface area contributed by atoms with E-state index in [0.717, 1.165) is 42.5 Å². The third-order valence-electron chi connectivity index (χ3n) is 5.23. The molecule has 0 radical (unpaired) electrons. The fraction of sp³-hybridized carbons (Fsp3) is 0.429. The maximum absolute atomic E-state index is 13.3. The van der Waals surface area contributed by atoms with Crippen molar-refractivity contribution in [2.45, 2.75) is 37.6 Å². The molecule has 176 valence electrons. The topological polar surface area (TPSA) is 75.9 Å². The number of carbonyl (C=O) groups is 1. The van der Waals surface area contributed by atoms with Gasteiger partial charge < -0.3 is 10.2 Å². The van der Waals surface area contributed by atoms with Gasteiger partial charge in [0.1, 0.15) is 5.69 Å². The highest BCUT2D eigenvalue weighted by Gasteiger charge is 2.31. The maximum Gasteiger partial charge on any atom is 0.416 e. The Morgan fingerprint density at radius 1 is 1.24 bits per heavy atom. The van der Waals surface area contributed by atoms with Crippen molar-refractivity contribution in [1.29, 1.82) is 0 Å². The zero-order chi connectivity index (χ0) is 23.4. The SMILES string of the molecule is Cc1nc(C(=O)NCc2nnc(SCCN3CCCC3)n2-c2cccc(C(F)(F)F)c2)cs1. The average Bonchev–Trinajstić information content (AvgIpc) is 3.53. The molecular weight excluding hydrogens is 473 g/mol. The molecule has 0 saturated carbocycles. The van der Waals surface area contributed by atoms with Crippen molar-refractivity contribution >= 4 is 29.0 Å². The third-order valence-corrected chi connectivity index (χ3v) is 6.91. The summed E-state index contributed by atoms with van der Waals surface area (Å²) in [6.45, 7) is 4.81. The third kappa shape index (κ3) is 5.92. The van der Waals surface area contributed by atoms with Gasteiger partial charge in [0.2, 0.25) is 0 Å². The van der Waals surface area contributed by atoms with Gasteiger partial charge in [-0.15, -0.1) is 21.5 Å². The minimum absolute atomic E-state index is 0.00530. The molecule has 0 atom stereocenters. The Morgan fingerprint density at radius 2 is 2.03 bits per heavy atom. The minimum Gasteiger partial charge on any atom is -0.343 e. The standard InChI is InChI=1S/C21H23F3N6OS2/c1-14-26-17(13-33-14)19(31)25-12-18-27-28-20(32-10-9-29-7-2-3-8-29)30(18)16-6-4-5-15(11-16)21(22,23)24/h4-6,11,13H,2-3,7-10,12H2,1H3,(H,25,31). The van der Waals surface area contributed by atoms with Crippen molar-refractivity contribution in [3.63, 3.8) is 0 Å². The average molecular weight is 497 g/mol. The quantitative estimate of drug-likeness (QED) is 0.472. The first-order valence-electron chi connectivity index (χ1n) is 10.5. The monoisotopic (exact) mass is 496 g/mol. The molecule has 1 amide bonds. The van der Waals surface area contributed by atoms with Crippen LogP contribution in [0.15, 0.2) is 34.8 Å². The summed E-state index contributed by atoms with van der Waals surface area (Å²) in [7, 11) is 0. The van der Waals surface area contributed by atoms with E-state index in [4.69, 9.17) is 0 Å². The minimum atomic E-state index is -4.47. The number of rotatable bonds is 8. The second-order valence-corrected chi connectivity index (χ2v) is 9.74. The van der Waals surface area contributed by atoms with Gasteiger partial charge in [0.15, 0.2) is 11.0 Å². The Balaban J connectivity index is 1.56. The summed E-state index contributed by atoms with van der Waals surface area (Å²) in [4.78, 5) is 18.9. The Labute approximate surface area is 197 Å². The number of hydrogen-bond donors (Lipinski definition) is 1. The predicted octanol–water partition coefficient (Wildman–Crippen LogP) is 4.17. The van der Waals surface area contributed by atoms with E-state index in [9.17, 15) is 18.0 Å². The van der Waals surface area contributed by atoms with Gasteiger partial charge in [-0.1, -0.05) is 17.8 Å². The fourth-order valence-corrected chi connectivity index (χ4v) is 5.14. The summed E-state index contributed by atoms with van der Waals surface area (Å²) in [5.74, 6) is 0.709. The van der Waals surface area contributed by atoms with Gasteiger partial charge in [0.05, 0.1) is 22.8 Å². The number of carbonyl (C=O) groups excluding carboxylic acids is 1. The molecule has 1 aliphatic heterocycles. The molecule has 0 unspecified atom stereocenters. The second-order valence-electron chi connectivity index (χ2n) is 7.61. The zero-order valence-corrected chi connectivity index (χ0v) is 19.6. The lowest BCUT2D eigenvalue weighted by molar-refractivity contribution is -0.137. The first-order chi connectivity index (χ1) is 15.8. The lowest BCUT2D eigenvalue weighted by atomic mass is 10.2. The van der Waals surface area contributed by atoms with E-state index in [1.54, 1.807) is 22.9 Å². The van der Waals surface area contributed by atoms with Gasteiger partial charge in [-0.25, -0.2) is 4.98 Å². The van der Waals surface area contributed by atoms with Crippen molar-refractivity contribution in [2.75, 3.05) is 25.4 Å². The number of alkyl halides is 3. The number of thiazole rings is 1. The molecule has 0 bridgehead atoms. The Morgan fingerprint density at radius 3 is 2.73 bits per heavy atom. The van der Waals surface area contributed by atoms with Crippen LogP contribution >= 0.6 is 23.1 Å². The van der Waals surface area contributed by atoms with Gasteiger partial charge in [-0.05, 0) is 51.1 Å². The molecule has 1 fully saturated rings. The van der Waals surface area contributed by atoms with Crippen molar-refractivity contribution in [2.24, 2.45) is 0 Å². The van der Waals surface area contributed by atoms with Gasteiger partial charge in [-0.3, -0.25) is 9.36 Å². The summed E-state index contributed by atoms with van der Waals surface area (Å²) < 4.78 is 41.5. The van der Waals surface area contributed by atoms with Crippen LogP contribution in [0.3, 0.4) is 0 Å². The number of nitrogens with one attached hydrogen (secondary N) is 1. The summed E-state index contributed by atoms with van der Waals surface area (Å²) in [6.07, 6.45) is -2.09. The van der Waals surface area contributed by atoms with Crippen LogP contribution in [-0.4, -0.2) is 55.9 Å². The molecule has 7 nitrogen and oxygen atoms in total. The largest absolute Gasteiger partial charge is 0.416 e. The van der Waals surface area contributed by atoms with Crippen LogP contribution in [0.5, 0.6) is 0 Å². The van der Waals surface area contributed by atoms with Crippen LogP contribution < -0.4 is 5.32 Å². The van der Waals surface area contributed by atoms with Gasteiger partial charge in [-0.2, -0.15) is 13.2 Å². The van der Waals surface area contributed by atoms with E-state index in [2.05, 4.69) is 25.4 Å². The number of thioether (sulfide) groups is 1. The number of benzene rings is 1. The van der Waals surface area contributed by atoms with Crippen molar-refractivity contribution in [3.05, 3.63) is 51.7 Å². The summed E-state index contributed by atoms with van der Waals surface area (Å²) in [6, 6.07) is 5.04. The highest BCUT2D eigenvalue weighted by Crippen LogP contribution is 2.31. The number of nitrogens with zero attached hydrogens (tertiary/aromatic N) is 5. The van der Waals surface area contributed by atoms with Crippen LogP contribution in [0.4, 0.5) is 13.2 Å². The van der Waals surface area contributed by atoms with E-state index in [0.29, 0.717) is 22.4 Å². The molecule has 33 heavy (non-hydrogen) atoms. The van der Waals surface area contributed by atoms with E-state index in [1.165, 1.54) is 42.0 Å². The lowest BCUT2D eigenvalue weighted by Gasteiger charge is -2.15. The normalized spacial score (nSPS) is 14.7. The number of aromatic nitrogens is 4. The molecule has 4 rings (SSSR count). The smallest absolute Gasteiger partial charge is 0.343 e. The van der Waals surface area contributed by atoms with Crippen LogP contribution in [0, 0.1) is 6.92 Å². The molecular formula is C21H23F3N6OS2. The number of likely N-dealkylation sites (tertiary alicyclic amines) is 1. The molecule has 1 aliphatic rings. The molecule has 3 heterocycles. The van der Waals surface area contributed by atoms with E-state index in [1.807, 2.05) is 0 Å². The first-order valence-corrected chi connectivity index (χ1v) is 12.4. The second kappa shape index (κ2) is 10.2. The molecule has 1 aromatic carbocycles. The molecule has 3 aromatic rings. The van der Waals surface area contributed by atoms with E-state index >= 15 is 0 Å². The van der Waals surface area contributed by atoms with Crippen LogP contribution in [0.25, 0.3) is 5.69 Å². The zero-order valence-electron chi connectivity index (χ0n) is 17.9. The van der Waals surface area contributed by atoms with Crippen molar-refractivity contribution in [3.8, 4) is 5.69 Å². The van der Waals surface area contributed by atoms with Crippen LogP contribution in [0.1, 0.15) is 39.7 Å². The van der Waals surface area contributed by atoms with Crippen molar-refractivity contribution < 1.29 is 18.0 Å². The van der Waals surface area contributed by atoms with Crippen molar-refractivity contribution in [1.82, 2.24) is 30.0 Å². The Kier molecular flexibility index (Phi) is 7.35. The number of halogens is 3. The highest BCUT2D eigenvalue weighted by atomic mass is 32.2. The molecule has 0 spiro atoms. The van der Waals surface area contributed by atoms with Crippen LogP contribution in [0.2, 0.25) is 0 Å². The summed E-state index contributed by atoms with van der Waals surface area (Å²) >= 11 is 2.80. The highest BCUT2D eigenvalue weighted by molar-refractivity contribution is 7.99. The number of hydrogen-bond acceptors (Lipinski definition) is 7. The maximum atomic E-state index is 13.3. The first kappa shape index (κ1) is 23.7. The fourth-order valence-electron chi connectivity index (χ4n) is 3.58. The molecule has 1 saturated heterocycles. The number of amides is 1. The summed E-state index contributed by atoms with van der Waals surface area (Å²) in [5, 5.41) is 14.0. The molecule has 0 aliphatic carbocycles. The Hall–Kier alpha value is -2.44. The molecule has 1 N–H and O–H groups in total. The lowest BCUT2D eigenvalue weighted by Crippen LogP contribution is -2.25. The van der Waals surface area contributed by atoms with Crippen LogP contribution in [-0.2, 0) is 12.7 Å². The Bertz CT molecular complexity index is 1110. The van der Waals surface area contributed by atoms with Gasteiger partial charge in [0, 0.05) is 17.7 Å². The van der Waals surface area contributed by atoms with Gasteiger partial charge >= 0.3 is 6.18 Å². The van der Waals surface area contributed by atoms with E-state index in [-0.39, 0.29) is 12.5 Å². The predicted molar refractivity (Wildman–Crippen MR) is 121 cm³/mol. The van der Waals surface area contributed by atoms with E-state index < -0.39 is 11.7 Å².